The van der Waals surface area contributed by atoms with Gasteiger partial charge in [-0.15, -0.1) is 0 Å². The lowest BCUT2D eigenvalue weighted by Crippen LogP contribution is -2.53. The van der Waals surface area contributed by atoms with Gasteiger partial charge in [-0.05, 0) is 48.7 Å². The molecule has 154 valence electrons. The summed E-state index contributed by atoms with van der Waals surface area (Å²) in [7, 11) is 0. The minimum Gasteiger partial charge on any atom is -0.369 e. The van der Waals surface area contributed by atoms with Crippen molar-refractivity contribution in [2.75, 3.05) is 18.0 Å². The first-order valence-electron chi connectivity index (χ1n) is 9.41. The third-order valence-electron chi connectivity index (χ3n) is 4.95. The van der Waals surface area contributed by atoms with Gasteiger partial charge in [-0.1, -0.05) is 35.3 Å². The van der Waals surface area contributed by atoms with Gasteiger partial charge in [0, 0.05) is 31.2 Å². The summed E-state index contributed by atoms with van der Waals surface area (Å²) in [5.41, 5.74) is 1.58. The maximum Gasteiger partial charge on any atom is 0.243 e. The Morgan fingerprint density at radius 1 is 1.24 bits per heavy atom. The number of carbonyl (C=O) groups excluding carboxylic acids is 2. The normalized spacial score (nSPS) is 17.5. The molecule has 0 aliphatic carbocycles. The second-order valence-electron chi connectivity index (χ2n) is 7.06. The monoisotopic (exact) mass is 437 g/mol. The van der Waals surface area contributed by atoms with E-state index >= 15 is 0 Å². The molecule has 1 aliphatic rings. The summed E-state index contributed by atoms with van der Waals surface area (Å²) in [6.45, 7) is 1.38. The Labute approximate surface area is 179 Å². The van der Waals surface area contributed by atoms with Crippen LogP contribution in [0.2, 0.25) is 10.0 Å². The molecule has 1 saturated heterocycles. The van der Waals surface area contributed by atoms with E-state index in [2.05, 4.69) is 15.5 Å². The van der Waals surface area contributed by atoms with Crippen molar-refractivity contribution in [3.63, 3.8) is 0 Å². The van der Waals surface area contributed by atoms with Crippen molar-refractivity contribution in [2.24, 2.45) is 0 Å². The summed E-state index contributed by atoms with van der Waals surface area (Å²) in [4.78, 5) is 25.8. The van der Waals surface area contributed by atoms with Crippen molar-refractivity contribution in [3.05, 3.63) is 63.9 Å². The van der Waals surface area contributed by atoms with Crippen LogP contribution >= 0.6 is 23.2 Å². The molecule has 2 atom stereocenters. The van der Waals surface area contributed by atoms with Gasteiger partial charge in [-0.2, -0.15) is 0 Å². The van der Waals surface area contributed by atoms with Crippen LogP contribution in [0, 0.1) is 5.82 Å². The van der Waals surface area contributed by atoms with Crippen LogP contribution in [-0.2, 0) is 16.0 Å². The van der Waals surface area contributed by atoms with E-state index in [9.17, 15) is 14.0 Å². The molecule has 2 aromatic carbocycles. The number of hydrogen-bond donors (Lipinski definition) is 2. The topological polar surface area (TPSA) is 61.4 Å². The van der Waals surface area contributed by atoms with Crippen molar-refractivity contribution in [1.82, 2.24) is 10.6 Å². The van der Waals surface area contributed by atoms with Crippen LogP contribution < -0.4 is 15.5 Å². The Balaban J connectivity index is 1.64. The second kappa shape index (κ2) is 9.94. The zero-order valence-electron chi connectivity index (χ0n) is 15.7. The van der Waals surface area contributed by atoms with E-state index in [0.29, 0.717) is 29.4 Å². The fraction of sp³-hybridized carbons (Fsp3) is 0.333. The zero-order valence-corrected chi connectivity index (χ0v) is 17.2. The highest BCUT2D eigenvalue weighted by Crippen LogP contribution is 2.24. The largest absolute Gasteiger partial charge is 0.369 e. The first-order chi connectivity index (χ1) is 14.0. The molecule has 2 N–H and O–H groups in total. The number of piperidine rings is 1. The Hall–Kier alpha value is -2.31. The molecular weight excluding hydrogens is 416 g/mol. The van der Waals surface area contributed by atoms with E-state index in [1.165, 1.54) is 12.1 Å². The average molecular weight is 438 g/mol. The molecule has 0 bridgehead atoms. The molecule has 0 unspecified atom stereocenters. The number of benzene rings is 2. The van der Waals surface area contributed by atoms with Crippen molar-refractivity contribution in [3.8, 4) is 0 Å². The molecule has 0 radical (unpaired) electrons. The Bertz CT molecular complexity index is 881. The van der Waals surface area contributed by atoms with Gasteiger partial charge in [0.1, 0.15) is 11.9 Å². The third-order valence-corrected chi connectivity index (χ3v) is 5.69. The third kappa shape index (κ3) is 5.84. The van der Waals surface area contributed by atoms with Crippen LogP contribution in [0.25, 0.3) is 0 Å². The second-order valence-corrected chi connectivity index (χ2v) is 7.88. The lowest BCUT2D eigenvalue weighted by Gasteiger charge is -2.35. The number of anilines is 1. The van der Waals surface area contributed by atoms with E-state index in [1.807, 2.05) is 6.07 Å². The smallest absolute Gasteiger partial charge is 0.243 e. The first-order valence-corrected chi connectivity index (χ1v) is 10.2. The molecule has 0 aromatic heterocycles. The van der Waals surface area contributed by atoms with Crippen LogP contribution in [0.3, 0.4) is 0 Å². The molecular formula is C21H22Cl2FN3O2. The molecule has 0 saturated carbocycles. The molecule has 1 fully saturated rings. The molecule has 2 aromatic rings. The van der Waals surface area contributed by atoms with Gasteiger partial charge in [0.15, 0.2) is 0 Å². The first kappa shape index (κ1) is 21.4. The zero-order chi connectivity index (χ0) is 20.8. The fourth-order valence-corrected chi connectivity index (χ4v) is 3.84. The summed E-state index contributed by atoms with van der Waals surface area (Å²) < 4.78 is 13.5. The Kier molecular flexibility index (Phi) is 7.34. The lowest BCUT2D eigenvalue weighted by atomic mass is 10.0. The van der Waals surface area contributed by atoms with Crippen LogP contribution in [0.15, 0.2) is 42.5 Å². The van der Waals surface area contributed by atoms with E-state index in [1.54, 1.807) is 24.3 Å². The molecule has 1 heterocycles. The highest BCUT2D eigenvalue weighted by atomic mass is 35.5. The van der Waals surface area contributed by atoms with Gasteiger partial charge >= 0.3 is 0 Å². The predicted molar refractivity (Wildman–Crippen MR) is 113 cm³/mol. The van der Waals surface area contributed by atoms with Crippen LogP contribution in [-0.4, -0.2) is 37.5 Å². The van der Waals surface area contributed by atoms with Crippen LogP contribution in [0.5, 0.6) is 0 Å². The number of amides is 2. The maximum atomic E-state index is 13.5. The molecule has 0 spiro atoms. The summed E-state index contributed by atoms with van der Waals surface area (Å²) in [6.07, 6.45) is 2.50. The number of halogens is 3. The highest BCUT2D eigenvalue weighted by Gasteiger charge is 2.25. The number of rotatable bonds is 7. The summed E-state index contributed by atoms with van der Waals surface area (Å²) >= 11 is 12.0. The van der Waals surface area contributed by atoms with Gasteiger partial charge < -0.3 is 15.5 Å². The highest BCUT2D eigenvalue weighted by molar-refractivity contribution is 6.42. The van der Waals surface area contributed by atoms with E-state index < -0.39 is 6.04 Å². The number of carbonyl (C=O) groups is 2. The maximum absolute atomic E-state index is 13.5. The van der Waals surface area contributed by atoms with E-state index in [-0.39, 0.29) is 17.8 Å². The lowest BCUT2D eigenvalue weighted by molar-refractivity contribution is -0.126. The van der Waals surface area contributed by atoms with Crippen molar-refractivity contribution in [1.29, 1.82) is 0 Å². The summed E-state index contributed by atoms with van der Waals surface area (Å²) in [5.74, 6) is -0.556. The fourth-order valence-electron chi connectivity index (χ4n) is 3.52. The quantitative estimate of drug-likeness (QED) is 0.650. The van der Waals surface area contributed by atoms with Crippen molar-refractivity contribution >= 4 is 41.2 Å². The van der Waals surface area contributed by atoms with Crippen molar-refractivity contribution in [2.45, 2.75) is 31.3 Å². The molecule has 29 heavy (non-hydrogen) atoms. The predicted octanol–water partition coefficient (Wildman–Crippen LogP) is 3.57. The van der Waals surface area contributed by atoms with Gasteiger partial charge in [-0.3, -0.25) is 9.59 Å². The standard InChI is InChI=1S/C21H22Cl2FN3O2/c22-18-7-6-14(9-19(18)23)10-20(25-13-28)21(29)26-16-4-2-8-27(12-16)17-5-1-3-15(24)11-17/h1,3,5-7,9,11,13,16,20H,2,4,8,10,12H2,(H,25,28)(H,26,29)/t16-,20-/m0/s1. The minimum absolute atomic E-state index is 0.0933. The molecule has 1 aliphatic heterocycles. The summed E-state index contributed by atoms with van der Waals surface area (Å²) in [5, 5.41) is 6.41. The van der Waals surface area contributed by atoms with E-state index in [0.717, 1.165) is 30.6 Å². The molecule has 5 nitrogen and oxygen atoms in total. The molecule has 2 amide bonds. The molecule has 3 rings (SSSR count). The molecule has 8 heteroatoms. The van der Waals surface area contributed by atoms with Gasteiger partial charge in [-0.25, -0.2) is 4.39 Å². The average Bonchev–Trinajstić information content (AvgIpc) is 2.70. The minimum atomic E-state index is -0.728. The SMILES string of the molecule is O=CN[C@@H](Cc1ccc(Cl)c(Cl)c1)C(=O)N[C@H]1CCCN(c2cccc(F)c2)C1. The van der Waals surface area contributed by atoms with Crippen molar-refractivity contribution < 1.29 is 14.0 Å². The number of nitrogens with zero attached hydrogens (tertiary/aromatic N) is 1. The Morgan fingerprint density at radius 3 is 2.79 bits per heavy atom. The number of hydrogen-bond acceptors (Lipinski definition) is 3. The van der Waals surface area contributed by atoms with Gasteiger partial charge in [0.25, 0.3) is 0 Å². The summed E-state index contributed by atoms with van der Waals surface area (Å²) in [6, 6.07) is 10.7. The van der Waals surface area contributed by atoms with Gasteiger partial charge in [0.2, 0.25) is 12.3 Å². The Morgan fingerprint density at radius 2 is 2.07 bits per heavy atom. The van der Waals surface area contributed by atoms with Crippen LogP contribution in [0.1, 0.15) is 18.4 Å². The van der Waals surface area contributed by atoms with Gasteiger partial charge in [0.05, 0.1) is 10.0 Å². The van der Waals surface area contributed by atoms with E-state index in [4.69, 9.17) is 23.2 Å². The number of nitrogens with one attached hydrogen (secondary N) is 2. The van der Waals surface area contributed by atoms with Crippen LogP contribution in [0.4, 0.5) is 10.1 Å².